The Labute approximate surface area is 103 Å². The molecule has 1 aliphatic rings. The Morgan fingerprint density at radius 1 is 1.72 bits per heavy atom. The monoisotopic (exact) mass is 254 g/mol. The predicted molar refractivity (Wildman–Crippen MR) is 60.0 cm³/mol. The van der Waals surface area contributed by atoms with Crippen LogP contribution in [-0.4, -0.2) is 41.7 Å². The molecule has 1 saturated heterocycles. The van der Waals surface area contributed by atoms with Crippen molar-refractivity contribution in [3.63, 3.8) is 0 Å². The number of anilines is 1. The SMILES string of the molecule is CCOC(=O)c1coc(N2CC(CO)CC2=O)n1. The molecular weight excluding hydrogens is 240 g/mol. The van der Waals surface area contributed by atoms with Crippen molar-refractivity contribution >= 4 is 17.9 Å². The first kappa shape index (κ1) is 12.6. The summed E-state index contributed by atoms with van der Waals surface area (Å²) >= 11 is 0. The zero-order valence-corrected chi connectivity index (χ0v) is 9.96. The van der Waals surface area contributed by atoms with Crippen LogP contribution < -0.4 is 4.90 Å². The third kappa shape index (κ3) is 2.35. The van der Waals surface area contributed by atoms with Gasteiger partial charge in [-0.15, -0.1) is 0 Å². The predicted octanol–water partition coefficient (Wildman–Crippen LogP) is 0.196. The minimum absolute atomic E-state index is 0.0344. The van der Waals surface area contributed by atoms with E-state index in [0.29, 0.717) is 6.54 Å². The van der Waals surface area contributed by atoms with E-state index in [1.807, 2.05) is 0 Å². The van der Waals surface area contributed by atoms with E-state index in [1.54, 1.807) is 6.92 Å². The molecule has 1 aromatic rings. The van der Waals surface area contributed by atoms with Crippen LogP contribution in [0.4, 0.5) is 6.01 Å². The molecule has 1 unspecified atom stereocenters. The standard InChI is InChI=1S/C11H14N2O5/c1-2-17-10(16)8-6-18-11(12-8)13-4-7(5-14)3-9(13)15/h6-7,14H,2-5H2,1H3. The summed E-state index contributed by atoms with van der Waals surface area (Å²) in [4.78, 5) is 28.3. The van der Waals surface area contributed by atoms with Crippen LogP contribution in [0.15, 0.2) is 10.7 Å². The minimum Gasteiger partial charge on any atom is -0.461 e. The summed E-state index contributed by atoms with van der Waals surface area (Å²) in [6.07, 6.45) is 1.42. The van der Waals surface area contributed by atoms with Crippen LogP contribution >= 0.6 is 0 Å². The maximum absolute atomic E-state index is 11.6. The molecule has 18 heavy (non-hydrogen) atoms. The van der Waals surface area contributed by atoms with E-state index in [9.17, 15) is 9.59 Å². The van der Waals surface area contributed by atoms with Gasteiger partial charge in [0.1, 0.15) is 6.26 Å². The van der Waals surface area contributed by atoms with Crippen molar-refractivity contribution in [2.24, 2.45) is 5.92 Å². The number of amides is 1. The lowest BCUT2D eigenvalue weighted by Crippen LogP contribution is -2.25. The van der Waals surface area contributed by atoms with Crippen LogP contribution in [0.5, 0.6) is 0 Å². The van der Waals surface area contributed by atoms with Crippen molar-refractivity contribution in [1.82, 2.24) is 4.98 Å². The average molecular weight is 254 g/mol. The summed E-state index contributed by atoms with van der Waals surface area (Å²) in [5.41, 5.74) is 0.0344. The van der Waals surface area contributed by atoms with E-state index in [2.05, 4.69) is 4.98 Å². The van der Waals surface area contributed by atoms with E-state index in [-0.39, 0.29) is 43.2 Å². The highest BCUT2D eigenvalue weighted by Crippen LogP contribution is 2.24. The number of esters is 1. The van der Waals surface area contributed by atoms with Gasteiger partial charge in [-0.3, -0.25) is 9.69 Å². The maximum Gasteiger partial charge on any atom is 0.360 e. The molecule has 1 atom stereocenters. The molecule has 0 aliphatic carbocycles. The van der Waals surface area contributed by atoms with Gasteiger partial charge in [0.25, 0.3) is 0 Å². The number of ether oxygens (including phenoxy) is 1. The average Bonchev–Trinajstić information content (AvgIpc) is 2.95. The Kier molecular flexibility index (Phi) is 3.61. The number of carbonyl (C=O) groups excluding carboxylic acids is 2. The molecule has 98 valence electrons. The van der Waals surface area contributed by atoms with Crippen LogP contribution in [0.1, 0.15) is 23.8 Å². The number of hydrogen-bond donors (Lipinski definition) is 1. The third-order valence-electron chi connectivity index (χ3n) is 2.67. The largest absolute Gasteiger partial charge is 0.461 e. The van der Waals surface area contributed by atoms with Gasteiger partial charge in [-0.05, 0) is 6.92 Å². The lowest BCUT2D eigenvalue weighted by Gasteiger charge is -2.10. The fourth-order valence-corrected chi connectivity index (χ4v) is 1.78. The van der Waals surface area contributed by atoms with Crippen LogP contribution in [0.3, 0.4) is 0 Å². The van der Waals surface area contributed by atoms with Crippen LogP contribution in [0.25, 0.3) is 0 Å². The third-order valence-corrected chi connectivity index (χ3v) is 2.67. The zero-order chi connectivity index (χ0) is 13.1. The summed E-state index contributed by atoms with van der Waals surface area (Å²) in [5.74, 6) is -0.875. The summed E-state index contributed by atoms with van der Waals surface area (Å²) in [5, 5.41) is 9.01. The van der Waals surface area contributed by atoms with Gasteiger partial charge in [0.2, 0.25) is 5.91 Å². The first-order valence-corrected chi connectivity index (χ1v) is 5.69. The lowest BCUT2D eigenvalue weighted by atomic mass is 10.1. The number of aromatic nitrogens is 1. The zero-order valence-electron chi connectivity index (χ0n) is 9.96. The van der Waals surface area contributed by atoms with Crippen molar-refractivity contribution in [1.29, 1.82) is 0 Å². The Bertz CT molecular complexity index is 456. The van der Waals surface area contributed by atoms with Gasteiger partial charge in [-0.2, -0.15) is 4.98 Å². The first-order valence-electron chi connectivity index (χ1n) is 5.69. The fraction of sp³-hybridized carbons (Fsp3) is 0.545. The van der Waals surface area contributed by atoms with Crippen LogP contribution in [-0.2, 0) is 9.53 Å². The Hall–Kier alpha value is -1.89. The van der Waals surface area contributed by atoms with Gasteiger partial charge in [0.15, 0.2) is 5.69 Å². The Morgan fingerprint density at radius 2 is 2.50 bits per heavy atom. The van der Waals surface area contributed by atoms with Crippen molar-refractivity contribution in [2.45, 2.75) is 13.3 Å². The number of hydrogen-bond acceptors (Lipinski definition) is 6. The molecular formula is C11H14N2O5. The number of rotatable bonds is 4. The smallest absolute Gasteiger partial charge is 0.360 e. The van der Waals surface area contributed by atoms with Crippen LogP contribution in [0.2, 0.25) is 0 Å². The normalized spacial score (nSPS) is 19.3. The van der Waals surface area contributed by atoms with Crippen LogP contribution in [0, 0.1) is 5.92 Å². The number of carbonyl (C=O) groups is 2. The van der Waals surface area contributed by atoms with Gasteiger partial charge in [0, 0.05) is 25.5 Å². The van der Waals surface area contributed by atoms with Gasteiger partial charge in [-0.1, -0.05) is 0 Å². The molecule has 0 spiro atoms. The summed E-state index contributed by atoms with van der Waals surface area (Å²) < 4.78 is 9.86. The lowest BCUT2D eigenvalue weighted by molar-refractivity contribution is -0.117. The summed E-state index contributed by atoms with van der Waals surface area (Å²) in [6.45, 7) is 2.22. The summed E-state index contributed by atoms with van der Waals surface area (Å²) in [7, 11) is 0. The summed E-state index contributed by atoms with van der Waals surface area (Å²) in [6, 6.07) is 0.0685. The molecule has 1 amide bonds. The molecule has 1 N–H and O–H groups in total. The van der Waals surface area contributed by atoms with Crippen molar-refractivity contribution in [3.05, 3.63) is 12.0 Å². The molecule has 1 aromatic heterocycles. The molecule has 0 radical (unpaired) electrons. The van der Waals surface area contributed by atoms with Crippen molar-refractivity contribution in [2.75, 3.05) is 24.7 Å². The fourth-order valence-electron chi connectivity index (χ4n) is 1.78. The second-order valence-corrected chi connectivity index (χ2v) is 3.99. The molecule has 2 heterocycles. The molecule has 0 bridgehead atoms. The van der Waals surface area contributed by atoms with Gasteiger partial charge >= 0.3 is 12.0 Å². The number of aliphatic hydroxyl groups is 1. The highest BCUT2D eigenvalue weighted by atomic mass is 16.5. The Balaban J connectivity index is 2.11. The molecule has 7 heteroatoms. The van der Waals surface area contributed by atoms with Crippen molar-refractivity contribution in [3.8, 4) is 0 Å². The highest BCUT2D eigenvalue weighted by molar-refractivity contribution is 5.94. The number of nitrogens with zero attached hydrogens (tertiary/aromatic N) is 2. The molecule has 2 rings (SSSR count). The highest BCUT2D eigenvalue weighted by Gasteiger charge is 2.33. The molecule has 0 saturated carbocycles. The van der Waals surface area contributed by atoms with Crippen molar-refractivity contribution < 1.29 is 23.8 Å². The molecule has 1 fully saturated rings. The Morgan fingerprint density at radius 3 is 3.11 bits per heavy atom. The molecule has 0 aromatic carbocycles. The maximum atomic E-state index is 11.6. The minimum atomic E-state index is -0.585. The second-order valence-electron chi connectivity index (χ2n) is 3.99. The topological polar surface area (TPSA) is 92.9 Å². The molecule has 1 aliphatic heterocycles. The quantitative estimate of drug-likeness (QED) is 0.771. The number of aliphatic hydroxyl groups excluding tert-OH is 1. The molecule has 7 nitrogen and oxygen atoms in total. The first-order chi connectivity index (χ1) is 8.65. The van der Waals surface area contributed by atoms with Gasteiger partial charge in [-0.25, -0.2) is 4.79 Å². The van der Waals surface area contributed by atoms with E-state index in [1.165, 1.54) is 4.90 Å². The van der Waals surface area contributed by atoms with Gasteiger partial charge < -0.3 is 14.3 Å². The van der Waals surface area contributed by atoms with E-state index < -0.39 is 5.97 Å². The van der Waals surface area contributed by atoms with Gasteiger partial charge in [0.05, 0.1) is 6.61 Å². The van der Waals surface area contributed by atoms with E-state index in [0.717, 1.165) is 6.26 Å². The van der Waals surface area contributed by atoms with E-state index in [4.69, 9.17) is 14.3 Å². The second kappa shape index (κ2) is 5.18. The number of oxazole rings is 1. The van der Waals surface area contributed by atoms with E-state index >= 15 is 0 Å².